The highest BCUT2D eigenvalue weighted by atomic mass is 16.4. The highest BCUT2D eigenvalue weighted by Crippen LogP contribution is 2.17. The van der Waals surface area contributed by atoms with Crippen molar-refractivity contribution in [3.8, 4) is 11.5 Å². The van der Waals surface area contributed by atoms with Gasteiger partial charge in [0, 0.05) is 24.9 Å². The van der Waals surface area contributed by atoms with Gasteiger partial charge in [-0.1, -0.05) is 31.5 Å². The second-order valence-corrected chi connectivity index (χ2v) is 4.57. The Balaban J connectivity index is 1.83. The van der Waals surface area contributed by atoms with Crippen LogP contribution in [0.3, 0.4) is 0 Å². The third-order valence-corrected chi connectivity index (χ3v) is 2.91. The van der Waals surface area contributed by atoms with E-state index in [1.54, 1.807) is 0 Å². The zero-order chi connectivity index (χ0) is 14.2. The van der Waals surface area contributed by atoms with Gasteiger partial charge in [0.15, 0.2) is 0 Å². The molecule has 20 heavy (non-hydrogen) atoms. The van der Waals surface area contributed by atoms with Gasteiger partial charge in [-0.3, -0.25) is 4.79 Å². The lowest BCUT2D eigenvalue weighted by molar-refractivity contribution is -0.121. The summed E-state index contributed by atoms with van der Waals surface area (Å²) in [6.07, 6.45) is 2.92. The number of amides is 1. The summed E-state index contributed by atoms with van der Waals surface area (Å²) < 4.78 is 5.54. The second-order valence-electron chi connectivity index (χ2n) is 4.57. The number of unbranched alkanes of at least 4 members (excludes halogenated alkanes) is 1. The Morgan fingerprint density at radius 3 is 2.80 bits per heavy atom. The van der Waals surface area contributed by atoms with Crippen LogP contribution in [-0.4, -0.2) is 22.6 Å². The number of rotatable bonds is 7. The molecule has 1 amide bonds. The van der Waals surface area contributed by atoms with E-state index >= 15 is 0 Å². The highest BCUT2D eigenvalue weighted by Gasteiger charge is 2.09. The summed E-state index contributed by atoms with van der Waals surface area (Å²) >= 11 is 0. The third-order valence-electron chi connectivity index (χ3n) is 2.91. The van der Waals surface area contributed by atoms with Crippen LogP contribution in [0.25, 0.3) is 11.5 Å². The van der Waals surface area contributed by atoms with E-state index in [2.05, 4.69) is 22.4 Å². The topological polar surface area (TPSA) is 68.0 Å². The Labute approximate surface area is 118 Å². The molecule has 5 nitrogen and oxygen atoms in total. The molecule has 2 aromatic rings. The number of aryl methyl sites for hydroxylation is 1. The lowest BCUT2D eigenvalue weighted by atomic mass is 10.2. The van der Waals surface area contributed by atoms with E-state index in [9.17, 15) is 4.79 Å². The van der Waals surface area contributed by atoms with E-state index < -0.39 is 0 Å². The minimum atomic E-state index is 0.0258. The normalized spacial score (nSPS) is 10.4. The number of hydrogen-bond acceptors (Lipinski definition) is 4. The molecule has 0 bridgehead atoms. The molecular weight excluding hydrogens is 254 g/mol. The zero-order valence-electron chi connectivity index (χ0n) is 11.6. The molecule has 0 spiro atoms. The van der Waals surface area contributed by atoms with Gasteiger partial charge in [-0.25, -0.2) is 0 Å². The van der Waals surface area contributed by atoms with E-state index in [1.807, 2.05) is 30.3 Å². The maximum Gasteiger partial charge on any atom is 0.247 e. The average molecular weight is 273 g/mol. The minimum Gasteiger partial charge on any atom is -0.421 e. The lowest BCUT2D eigenvalue weighted by Crippen LogP contribution is -2.24. The van der Waals surface area contributed by atoms with E-state index in [0.29, 0.717) is 24.6 Å². The monoisotopic (exact) mass is 273 g/mol. The van der Waals surface area contributed by atoms with Crippen LogP contribution in [0.4, 0.5) is 0 Å². The van der Waals surface area contributed by atoms with Crippen molar-refractivity contribution in [1.29, 1.82) is 0 Å². The van der Waals surface area contributed by atoms with Crippen LogP contribution >= 0.6 is 0 Å². The number of nitrogens with zero attached hydrogens (tertiary/aromatic N) is 2. The first-order chi connectivity index (χ1) is 9.79. The SMILES string of the molecule is CCCCNC(=O)CCc1nnc(-c2ccccc2)o1. The molecule has 106 valence electrons. The van der Waals surface area contributed by atoms with E-state index in [-0.39, 0.29) is 5.91 Å². The molecule has 1 aromatic heterocycles. The number of aromatic nitrogens is 2. The van der Waals surface area contributed by atoms with Crippen molar-refractivity contribution < 1.29 is 9.21 Å². The Kier molecular flexibility index (Phi) is 5.29. The van der Waals surface area contributed by atoms with Gasteiger partial charge in [0.1, 0.15) is 0 Å². The molecule has 1 N–H and O–H groups in total. The summed E-state index contributed by atoms with van der Waals surface area (Å²) in [7, 11) is 0. The minimum absolute atomic E-state index is 0.0258. The molecule has 5 heteroatoms. The van der Waals surface area contributed by atoms with Crippen molar-refractivity contribution in [2.75, 3.05) is 6.54 Å². The quantitative estimate of drug-likeness (QED) is 0.787. The molecule has 0 aliphatic heterocycles. The van der Waals surface area contributed by atoms with Crippen LogP contribution in [0.5, 0.6) is 0 Å². The van der Waals surface area contributed by atoms with E-state index in [0.717, 1.165) is 24.9 Å². The lowest BCUT2D eigenvalue weighted by Gasteiger charge is -2.01. The second kappa shape index (κ2) is 7.43. The molecule has 0 saturated carbocycles. The van der Waals surface area contributed by atoms with Gasteiger partial charge in [0.2, 0.25) is 17.7 Å². The van der Waals surface area contributed by atoms with Gasteiger partial charge in [-0.05, 0) is 18.6 Å². The summed E-state index contributed by atoms with van der Waals surface area (Å²) in [5.74, 6) is 1.01. The molecule has 0 saturated heterocycles. The van der Waals surface area contributed by atoms with E-state index in [1.165, 1.54) is 0 Å². The molecule has 1 aromatic carbocycles. The highest BCUT2D eigenvalue weighted by molar-refractivity contribution is 5.75. The van der Waals surface area contributed by atoms with Crippen molar-refractivity contribution in [2.24, 2.45) is 0 Å². The fraction of sp³-hybridized carbons (Fsp3) is 0.400. The largest absolute Gasteiger partial charge is 0.421 e. The molecule has 1 heterocycles. The maximum absolute atomic E-state index is 11.6. The van der Waals surface area contributed by atoms with Crippen LogP contribution < -0.4 is 5.32 Å². The molecule has 0 fully saturated rings. The molecule has 0 radical (unpaired) electrons. The number of carbonyl (C=O) groups is 1. The standard InChI is InChI=1S/C15H19N3O2/c1-2-3-11-16-13(19)9-10-14-17-18-15(20-14)12-7-5-4-6-8-12/h4-8H,2-3,9-11H2,1H3,(H,16,19). The molecular formula is C15H19N3O2. The van der Waals surface area contributed by atoms with Crippen LogP contribution in [-0.2, 0) is 11.2 Å². The smallest absolute Gasteiger partial charge is 0.247 e. The summed E-state index contributed by atoms with van der Waals surface area (Å²) in [6.45, 7) is 2.82. The summed E-state index contributed by atoms with van der Waals surface area (Å²) in [4.78, 5) is 11.6. The molecule has 0 unspecified atom stereocenters. The van der Waals surface area contributed by atoms with E-state index in [4.69, 9.17) is 4.42 Å². The maximum atomic E-state index is 11.6. The number of hydrogen-bond donors (Lipinski definition) is 1. The zero-order valence-corrected chi connectivity index (χ0v) is 11.6. The molecule has 2 rings (SSSR count). The molecule has 0 aliphatic carbocycles. The Morgan fingerprint density at radius 2 is 2.05 bits per heavy atom. The molecule has 0 aliphatic rings. The van der Waals surface area contributed by atoms with Crippen molar-refractivity contribution in [3.05, 3.63) is 36.2 Å². The summed E-state index contributed by atoms with van der Waals surface area (Å²) in [6, 6.07) is 9.59. The Bertz CT molecular complexity index is 537. The Morgan fingerprint density at radius 1 is 1.25 bits per heavy atom. The third kappa shape index (κ3) is 4.19. The van der Waals surface area contributed by atoms with Crippen molar-refractivity contribution in [3.63, 3.8) is 0 Å². The number of benzene rings is 1. The van der Waals surface area contributed by atoms with Gasteiger partial charge in [-0.15, -0.1) is 10.2 Å². The van der Waals surface area contributed by atoms with Crippen LogP contribution in [0.15, 0.2) is 34.7 Å². The van der Waals surface area contributed by atoms with Crippen LogP contribution in [0.1, 0.15) is 32.1 Å². The van der Waals surface area contributed by atoms with Gasteiger partial charge in [0.25, 0.3) is 0 Å². The first-order valence-electron chi connectivity index (χ1n) is 6.94. The first-order valence-corrected chi connectivity index (χ1v) is 6.94. The first kappa shape index (κ1) is 14.2. The van der Waals surface area contributed by atoms with Crippen LogP contribution in [0.2, 0.25) is 0 Å². The van der Waals surface area contributed by atoms with Crippen molar-refractivity contribution in [1.82, 2.24) is 15.5 Å². The number of carbonyl (C=O) groups excluding carboxylic acids is 1. The average Bonchev–Trinajstić information content (AvgIpc) is 2.95. The Hall–Kier alpha value is -2.17. The van der Waals surface area contributed by atoms with Gasteiger partial charge in [-0.2, -0.15) is 0 Å². The van der Waals surface area contributed by atoms with Gasteiger partial charge in [0.05, 0.1) is 0 Å². The van der Waals surface area contributed by atoms with Crippen molar-refractivity contribution >= 4 is 5.91 Å². The molecule has 0 atom stereocenters. The van der Waals surface area contributed by atoms with Gasteiger partial charge < -0.3 is 9.73 Å². The summed E-state index contributed by atoms with van der Waals surface area (Å²) in [5.41, 5.74) is 0.888. The van der Waals surface area contributed by atoms with Gasteiger partial charge >= 0.3 is 0 Å². The predicted octanol–water partition coefficient (Wildman–Crippen LogP) is 2.59. The fourth-order valence-electron chi connectivity index (χ4n) is 1.77. The summed E-state index contributed by atoms with van der Waals surface area (Å²) in [5, 5.41) is 10.8. The predicted molar refractivity (Wildman–Crippen MR) is 76.0 cm³/mol. The number of nitrogens with one attached hydrogen (secondary N) is 1. The van der Waals surface area contributed by atoms with Crippen LogP contribution in [0, 0.1) is 0 Å². The fourth-order valence-corrected chi connectivity index (χ4v) is 1.77. The van der Waals surface area contributed by atoms with Crippen molar-refractivity contribution in [2.45, 2.75) is 32.6 Å².